The Morgan fingerprint density at radius 2 is 2.09 bits per heavy atom. The van der Waals surface area contributed by atoms with Gasteiger partial charge in [-0.25, -0.2) is 0 Å². The summed E-state index contributed by atoms with van der Waals surface area (Å²) in [6, 6.07) is 6.33. The Hall–Kier alpha value is -1.36. The third-order valence-electron chi connectivity index (χ3n) is 4.40. The van der Waals surface area contributed by atoms with Crippen molar-refractivity contribution in [2.45, 2.75) is 44.4 Å². The van der Waals surface area contributed by atoms with Crippen molar-refractivity contribution in [3.63, 3.8) is 0 Å². The molecule has 1 N–H and O–H groups in total. The number of ether oxygens (including phenoxy) is 2. The summed E-state index contributed by atoms with van der Waals surface area (Å²) in [6.45, 7) is 2.54. The number of thioether (sulfide) groups is 1. The third kappa shape index (κ3) is 3.88. The monoisotopic (exact) mass is 321 g/mol. The second-order valence-corrected chi connectivity index (χ2v) is 7.10. The molecule has 1 aliphatic carbocycles. The molecule has 1 aromatic rings. The van der Waals surface area contributed by atoms with Gasteiger partial charge in [0.1, 0.15) is 0 Å². The first-order chi connectivity index (χ1) is 10.7. The lowest BCUT2D eigenvalue weighted by atomic mass is 9.86. The van der Waals surface area contributed by atoms with Crippen molar-refractivity contribution in [1.82, 2.24) is 5.32 Å². The molecule has 1 fully saturated rings. The molecule has 0 radical (unpaired) electrons. The Bertz CT molecular complexity index is 535. The predicted octanol–water partition coefficient (Wildman–Crippen LogP) is 3.34. The summed E-state index contributed by atoms with van der Waals surface area (Å²) in [5.74, 6) is 3.69. The van der Waals surface area contributed by atoms with E-state index in [-0.39, 0.29) is 5.91 Å². The minimum absolute atomic E-state index is 0.157. The molecule has 4 nitrogen and oxygen atoms in total. The molecule has 1 heterocycles. The highest BCUT2D eigenvalue weighted by molar-refractivity contribution is 7.99. The molecule has 2 atom stereocenters. The van der Waals surface area contributed by atoms with Gasteiger partial charge in [0, 0.05) is 11.8 Å². The largest absolute Gasteiger partial charge is 0.454 e. The molecule has 1 aliphatic heterocycles. The molecule has 0 aromatic heterocycles. The minimum Gasteiger partial charge on any atom is -0.454 e. The summed E-state index contributed by atoms with van der Waals surface area (Å²) in [6.07, 6.45) is 4.89. The van der Waals surface area contributed by atoms with Gasteiger partial charge in [-0.3, -0.25) is 4.79 Å². The van der Waals surface area contributed by atoms with Gasteiger partial charge in [-0.1, -0.05) is 25.8 Å². The van der Waals surface area contributed by atoms with E-state index in [2.05, 4.69) is 12.2 Å². The Kier molecular flexibility index (Phi) is 5.13. The van der Waals surface area contributed by atoms with E-state index in [9.17, 15) is 4.79 Å². The van der Waals surface area contributed by atoms with Crippen molar-refractivity contribution in [3.8, 4) is 11.5 Å². The fraction of sp³-hybridized carbons (Fsp3) is 0.588. The highest BCUT2D eigenvalue weighted by Gasteiger charge is 2.22. The smallest absolute Gasteiger partial charge is 0.231 e. The van der Waals surface area contributed by atoms with Crippen LogP contribution >= 0.6 is 11.8 Å². The second kappa shape index (κ2) is 7.27. The van der Waals surface area contributed by atoms with Crippen LogP contribution in [0.3, 0.4) is 0 Å². The van der Waals surface area contributed by atoms with Gasteiger partial charge in [-0.2, -0.15) is 0 Å². The summed E-state index contributed by atoms with van der Waals surface area (Å²) < 4.78 is 10.7. The lowest BCUT2D eigenvalue weighted by Gasteiger charge is -2.29. The highest BCUT2D eigenvalue weighted by Crippen LogP contribution is 2.33. The van der Waals surface area contributed by atoms with Gasteiger partial charge >= 0.3 is 0 Å². The Morgan fingerprint density at radius 3 is 2.95 bits per heavy atom. The maximum absolute atomic E-state index is 12.1. The lowest BCUT2D eigenvalue weighted by molar-refractivity contribution is -0.119. The van der Waals surface area contributed by atoms with Crippen LogP contribution in [-0.2, 0) is 10.5 Å². The maximum Gasteiger partial charge on any atom is 0.231 e. The molecule has 3 rings (SSSR count). The van der Waals surface area contributed by atoms with E-state index in [4.69, 9.17) is 9.47 Å². The minimum atomic E-state index is 0.157. The number of hydrogen-bond donors (Lipinski definition) is 1. The molecule has 120 valence electrons. The van der Waals surface area contributed by atoms with E-state index in [1.807, 2.05) is 18.2 Å². The van der Waals surface area contributed by atoms with Crippen molar-refractivity contribution < 1.29 is 14.3 Å². The fourth-order valence-electron chi connectivity index (χ4n) is 3.07. The number of carbonyl (C=O) groups is 1. The van der Waals surface area contributed by atoms with Crippen molar-refractivity contribution in [2.24, 2.45) is 5.92 Å². The van der Waals surface area contributed by atoms with Gasteiger partial charge in [-0.05, 0) is 36.5 Å². The molecule has 5 heteroatoms. The molecular weight excluding hydrogens is 298 g/mol. The first kappa shape index (κ1) is 15.5. The van der Waals surface area contributed by atoms with Gasteiger partial charge in [0.25, 0.3) is 0 Å². The van der Waals surface area contributed by atoms with Gasteiger partial charge in [-0.15, -0.1) is 11.8 Å². The summed E-state index contributed by atoms with van der Waals surface area (Å²) in [4.78, 5) is 12.1. The molecule has 1 saturated carbocycles. The first-order valence-electron chi connectivity index (χ1n) is 7.98. The number of benzene rings is 1. The standard InChI is InChI=1S/C17H23NO3S/c1-12-4-2-3-5-14(12)18-17(19)10-22-9-13-6-7-15-16(8-13)21-11-20-15/h6-8,12,14H,2-5,9-11H2,1H3,(H,18,19)/t12-,14-/m1/s1. The first-order valence-corrected chi connectivity index (χ1v) is 9.13. The van der Waals surface area contributed by atoms with Crippen LogP contribution in [0.5, 0.6) is 11.5 Å². The van der Waals surface area contributed by atoms with Crippen LogP contribution in [-0.4, -0.2) is 24.5 Å². The average molecular weight is 321 g/mol. The van der Waals surface area contributed by atoms with Crippen LogP contribution in [0.1, 0.15) is 38.2 Å². The lowest BCUT2D eigenvalue weighted by Crippen LogP contribution is -2.41. The Morgan fingerprint density at radius 1 is 1.27 bits per heavy atom. The van der Waals surface area contributed by atoms with Crippen LogP contribution in [0.2, 0.25) is 0 Å². The molecule has 2 aliphatic rings. The summed E-state index contributed by atoms with van der Waals surface area (Å²) in [5.41, 5.74) is 1.16. The Labute approximate surface area is 135 Å². The van der Waals surface area contributed by atoms with E-state index >= 15 is 0 Å². The van der Waals surface area contributed by atoms with Crippen molar-refractivity contribution in [1.29, 1.82) is 0 Å². The normalized spacial score (nSPS) is 23.3. The maximum atomic E-state index is 12.1. The zero-order valence-corrected chi connectivity index (χ0v) is 13.8. The SMILES string of the molecule is C[C@@H]1CCCC[C@H]1NC(=O)CSCc1ccc2c(c1)OCO2. The van der Waals surface area contributed by atoms with E-state index < -0.39 is 0 Å². The zero-order valence-electron chi connectivity index (χ0n) is 13.0. The molecule has 0 unspecified atom stereocenters. The zero-order chi connectivity index (χ0) is 15.4. The molecule has 22 heavy (non-hydrogen) atoms. The van der Waals surface area contributed by atoms with E-state index in [0.717, 1.165) is 29.2 Å². The summed E-state index contributed by atoms with van der Waals surface area (Å²) >= 11 is 1.64. The van der Waals surface area contributed by atoms with E-state index in [1.54, 1.807) is 11.8 Å². The van der Waals surface area contributed by atoms with Gasteiger partial charge in [0.15, 0.2) is 11.5 Å². The van der Waals surface area contributed by atoms with Crippen molar-refractivity contribution in [2.75, 3.05) is 12.5 Å². The number of fused-ring (bicyclic) bond motifs is 1. The molecule has 1 aromatic carbocycles. The van der Waals surface area contributed by atoms with Crippen molar-refractivity contribution in [3.05, 3.63) is 23.8 Å². The summed E-state index contributed by atoms with van der Waals surface area (Å²) in [5, 5.41) is 3.19. The fourth-order valence-corrected chi connectivity index (χ4v) is 3.86. The van der Waals surface area contributed by atoms with E-state index in [1.165, 1.54) is 19.3 Å². The van der Waals surface area contributed by atoms with Crippen molar-refractivity contribution >= 4 is 17.7 Å². The van der Waals surface area contributed by atoms with Gasteiger partial charge in [0.2, 0.25) is 12.7 Å². The van der Waals surface area contributed by atoms with Gasteiger partial charge < -0.3 is 14.8 Å². The number of amides is 1. The van der Waals surface area contributed by atoms with Crippen LogP contribution < -0.4 is 14.8 Å². The van der Waals surface area contributed by atoms with Gasteiger partial charge in [0.05, 0.1) is 5.75 Å². The molecule has 0 bridgehead atoms. The van der Waals surface area contributed by atoms with Crippen LogP contribution in [0, 0.1) is 5.92 Å². The summed E-state index contributed by atoms with van der Waals surface area (Å²) in [7, 11) is 0. The third-order valence-corrected chi connectivity index (χ3v) is 5.40. The highest BCUT2D eigenvalue weighted by atomic mass is 32.2. The molecule has 1 amide bonds. The molecule has 0 spiro atoms. The molecular formula is C17H23NO3S. The topological polar surface area (TPSA) is 47.6 Å². The van der Waals surface area contributed by atoms with Crippen LogP contribution in [0.15, 0.2) is 18.2 Å². The quantitative estimate of drug-likeness (QED) is 0.903. The Balaban J connectivity index is 1.41. The second-order valence-electron chi connectivity index (χ2n) is 6.12. The number of nitrogens with one attached hydrogen (secondary N) is 1. The molecule has 0 saturated heterocycles. The predicted molar refractivity (Wildman–Crippen MR) is 88.3 cm³/mol. The number of rotatable bonds is 5. The van der Waals surface area contributed by atoms with Crippen LogP contribution in [0.25, 0.3) is 0 Å². The van der Waals surface area contributed by atoms with Crippen LogP contribution in [0.4, 0.5) is 0 Å². The number of carbonyl (C=O) groups excluding carboxylic acids is 1. The van der Waals surface area contributed by atoms with E-state index in [0.29, 0.717) is 24.5 Å². The number of hydrogen-bond acceptors (Lipinski definition) is 4. The average Bonchev–Trinajstić information content (AvgIpc) is 2.97.